The van der Waals surface area contributed by atoms with E-state index >= 15 is 0 Å². The van der Waals surface area contributed by atoms with Crippen LogP contribution in [0.2, 0.25) is 0 Å². The Balaban J connectivity index is 1.50. The van der Waals surface area contributed by atoms with Crippen LogP contribution in [0.3, 0.4) is 0 Å². The van der Waals surface area contributed by atoms with Crippen LogP contribution in [0.1, 0.15) is 35.2 Å². The van der Waals surface area contributed by atoms with Crippen LogP contribution in [0, 0.1) is 5.92 Å². The molecule has 138 valence electrons. The Morgan fingerprint density at radius 2 is 1.62 bits per heavy atom. The van der Waals surface area contributed by atoms with Crippen molar-refractivity contribution >= 4 is 15.6 Å². The number of Topliss-reactive ketones (excluding diaryl/α,β-unsaturated/α-hetero) is 1. The molecule has 1 aliphatic heterocycles. The normalized spacial score (nSPS) is 16.5. The Labute approximate surface area is 155 Å². The van der Waals surface area contributed by atoms with E-state index in [4.69, 9.17) is 0 Å². The van der Waals surface area contributed by atoms with E-state index in [0.29, 0.717) is 17.9 Å². The molecule has 0 aromatic heterocycles. The lowest BCUT2D eigenvalue weighted by Gasteiger charge is -2.31. The molecular weight excluding hydrogens is 346 g/mol. The summed E-state index contributed by atoms with van der Waals surface area (Å²) < 4.78 is 23.0. The van der Waals surface area contributed by atoms with Crippen molar-refractivity contribution < 1.29 is 13.2 Å². The van der Waals surface area contributed by atoms with Crippen molar-refractivity contribution in [1.29, 1.82) is 0 Å². The van der Waals surface area contributed by atoms with Gasteiger partial charge in [0.25, 0.3) is 0 Å². The lowest BCUT2D eigenvalue weighted by Crippen LogP contribution is -2.33. The van der Waals surface area contributed by atoms with Crippen molar-refractivity contribution in [2.24, 2.45) is 5.92 Å². The van der Waals surface area contributed by atoms with Crippen LogP contribution < -0.4 is 0 Å². The molecule has 1 heterocycles. The van der Waals surface area contributed by atoms with Gasteiger partial charge in [0.15, 0.2) is 15.6 Å². The second-order valence-corrected chi connectivity index (χ2v) is 9.14. The zero-order chi connectivity index (χ0) is 18.6. The van der Waals surface area contributed by atoms with Gasteiger partial charge in [0.2, 0.25) is 0 Å². The number of carbonyl (C=O) groups is 1. The van der Waals surface area contributed by atoms with Crippen LogP contribution in [-0.4, -0.2) is 38.4 Å². The number of benzene rings is 2. The molecule has 2 aromatic carbocycles. The van der Waals surface area contributed by atoms with E-state index in [1.54, 1.807) is 12.1 Å². The molecule has 0 spiro atoms. The monoisotopic (exact) mass is 371 g/mol. The molecule has 5 heteroatoms. The largest absolute Gasteiger partial charge is 0.299 e. The number of carbonyl (C=O) groups excluding carboxylic acids is 1. The molecular formula is C21H25NO3S. The van der Waals surface area contributed by atoms with Crippen LogP contribution in [0.25, 0.3) is 0 Å². The van der Waals surface area contributed by atoms with E-state index in [1.807, 2.05) is 6.07 Å². The third kappa shape index (κ3) is 5.02. The summed E-state index contributed by atoms with van der Waals surface area (Å²) >= 11 is 0. The average Bonchev–Trinajstić information content (AvgIpc) is 2.63. The number of piperidine rings is 1. The van der Waals surface area contributed by atoms with Crippen LogP contribution >= 0.6 is 0 Å². The molecule has 0 amide bonds. The molecule has 0 atom stereocenters. The van der Waals surface area contributed by atoms with Crippen molar-refractivity contribution in [2.45, 2.75) is 30.7 Å². The summed E-state index contributed by atoms with van der Waals surface area (Å²) in [6, 6.07) is 16.8. The number of hydrogen-bond donors (Lipinski definition) is 0. The minimum absolute atomic E-state index is 0.103. The highest BCUT2D eigenvalue weighted by Crippen LogP contribution is 2.24. The standard InChI is InChI=1S/C21H25NO3S/c1-26(24,25)20-9-7-19(8-10-20)21(23)15-17-11-13-22(14-12-17)16-18-5-3-2-4-6-18/h2-10,17H,11-16H2,1H3. The lowest BCUT2D eigenvalue weighted by molar-refractivity contribution is 0.0925. The summed E-state index contributed by atoms with van der Waals surface area (Å²) in [5.41, 5.74) is 1.93. The Morgan fingerprint density at radius 3 is 2.19 bits per heavy atom. The number of likely N-dealkylation sites (tertiary alicyclic amines) is 1. The molecule has 0 saturated carbocycles. The van der Waals surface area contributed by atoms with Crippen LogP contribution in [-0.2, 0) is 16.4 Å². The number of ketones is 1. The predicted molar refractivity (Wildman–Crippen MR) is 103 cm³/mol. The first-order valence-electron chi connectivity index (χ1n) is 9.01. The zero-order valence-electron chi connectivity index (χ0n) is 15.1. The molecule has 1 fully saturated rings. The van der Waals surface area contributed by atoms with E-state index in [-0.39, 0.29) is 10.7 Å². The first-order chi connectivity index (χ1) is 12.4. The minimum atomic E-state index is -3.22. The summed E-state index contributed by atoms with van der Waals surface area (Å²) in [5, 5.41) is 0. The van der Waals surface area contributed by atoms with Gasteiger partial charge in [0.1, 0.15) is 0 Å². The van der Waals surface area contributed by atoms with E-state index in [1.165, 1.54) is 24.0 Å². The molecule has 4 nitrogen and oxygen atoms in total. The van der Waals surface area contributed by atoms with Crippen molar-refractivity contribution in [3.05, 3.63) is 65.7 Å². The highest BCUT2D eigenvalue weighted by atomic mass is 32.2. The van der Waals surface area contributed by atoms with Gasteiger partial charge in [0, 0.05) is 24.8 Å². The van der Waals surface area contributed by atoms with Crippen molar-refractivity contribution in [3.63, 3.8) is 0 Å². The Morgan fingerprint density at radius 1 is 1.00 bits per heavy atom. The van der Waals surface area contributed by atoms with Gasteiger partial charge in [-0.05, 0) is 49.5 Å². The molecule has 1 saturated heterocycles. The second-order valence-electron chi connectivity index (χ2n) is 7.13. The lowest BCUT2D eigenvalue weighted by atomic mass is 9.89. The first kappa shape index (κ1) is 18.8. The van der Waals surface area contributed by atoms with Gasteiger partial charge in [0.05, 0.1) is 4.90 Å². The maximum absolute atomic E-state index is 12.5. The van der Waals surface area contributed by atoms with Crippen molar-refractivity contribution in [2.75, 3.05) is 19.3 Å². The van der Waals surface area contributed by atoms with Gasteiger partial charge in [-0.25, -0.2) is 8.42 Å². The highest BCUT2D eigenvalue weighted by molar-refractivity contribution is 7.90. The third-order valence-corrected chi connectivity index (χ3v) is 6.16. The number of sulfone groups is 1. The molecule has 0 unspecified atom stereocenters. The van der Waals surface area contributed by atoms with Crippen LogP contribution in [0.15, 0.2) is 59.5 Å². The van der Waals surface area contributed by atoms with Gasteiger partial charge >= 0.3 is 0 Å². The van der Waals surface area contributed by atoms with Gasteiger partial charge in [-0.15, -0.1) is 0 Å². The third-order valence-electron chi connectivity index (χ3n) is 5.03. The Bertz CT molecular complexity index is 837. The maximum atomic E-state index is 12.5. The van der Waals surface area contributed by atoms with Gasteiger partial charge in [-0.1, -0.05) is 42.5 Å². The second kappa shape index (κ2) is 8.14. The number of nitrogens with zero attached hydrogens (tertiary/aromatic N) is 1. The molecule has 0 radical (unpaired) electrons. The summed E-state index contributed by atoms with van der Waals surface area (Å²) in [6.45, 7) is 2.99. The summed E-state index contributed by atoms with van der Waals surface area (Å²) in [4.78, 5) is 15.2. The molecule has 0 aliphatic carbocycles. The fraction of sp³-hybridized carbons (Fsp3) is 0.381. The van der Waals surface area contributed by atoms with Crippen molar-refractivity contribution in [3.8, 4) is 0 Å². The van der Waals surface area contributed by atoms with E-state index in [2.05, 4.69) is 29.2 Å². The fourth-order valence-corrected chi connectivity index (χ4v) is 4.09. The molecule has 3 rings (SSSR count). The SMILES string of the molecule is CS(=O)(=O)c1ccc(C(=O)CC2CCN(Cc3ccccc3)CC2)cc1. The predicted octanol–water partition coefficient (Wildman–Crippen LogP) is 3.58. The molecule has 2 aromatic rings. The van der Waals surface area contributed by atoms with E-state index < -0.39 is 9.84 Å². The fourth-order valence-electron chi connectivity index (χ4n) is 3.46. The van der Waals surface area contributed by atoms with Gasteiger partial charge in [-0.2, -0.15) is 0 Å². The smallest absolute Gasteiger partial charge is 0.175 e. The summed E-state index contributed by atoms with van der Waals surface area (Å²) in [5.74, 6) is 0.510. The number of hydrogen-bond acceptors (Lipinski definition) is 4. The molecule has 1 aliphatic rings. The first-order valence-corrected chi connectivity index (χ1v) is 10.9. The summed E-state index contributed by atoms with van der Waals surface area (Å²) in [6.07, 6.45) is 3.77. The van der Waals surface area contributed by atoms with E-state index in [0.717, 1.165) is 32.5 Å². The Kier molecular flexibility index (Phi) is 5.89. The topological polar surface area (TPSA) is 54.5 Å². The van der Waals surface area contributed by atoms with Crippen LogP contribution in [0.5, 0.6) is 0 Å². The van der Waals surface area contributed by atoms with Crippen LogP contribution in [0.4, 0.5) is 0 Å². The quantitative estimate of drug-likeness (QED) is 0.729. The zero-order valence-corrected chi connectivity index (χ0v) is 15.9. The minimum Gasteiger partial charge on any atom is -0.299 e. The molecule has 0 bridgehead atoms. The number of rotatable bonds is 6. The van der Waals surface area contributed by atoms with Gasteiger partial charge < -0.3 is 0 Å². The maximum Gasteiger partial charge on any atom is 0.175 e. The average molecular weight is 372 g/mol. The summed E-state index contributed by atoms with van der Waals surface area (Å²) in [7, 11) is -3.22. The van der Waals surface area contributed by atoms with Crippen molar-refractivity contribution in [1.82, 2.24) is 4.90 Å². The molecule has 0 N–H and O–H groups in total. The highest BCUT2D eigenvalue weighted by Gasteiger charge is 2.22. The van der Waals surface area contributed by atoms with Gasteiger partial charge in [-0.3, -0.25) is 9.69 Å². The van der Waals surface area contributed by atoms with E-state index in [9.17, 15) is 13.2 Å². The molecule has 26 heavy (non-hydrogen) atoms. The Hall–Kier alpha value is -1.98.